The van der Waals surface area contributed by atoms with Crippen LogP contribution in [-0.4, -0.2) is 18.5 Å². The van der Waals surface area contributed by atoms with E-state index in [-0.39, 0.29) is 5.79 Å². The van der Waals surface area contributed by atoms with Crippen molar-refractivity contribution in [3.8, 4) is 0 Å². The van der Waals surface area contributed by atoms with E-state index in [0.717, 1.165) is 13.0 Å². The Kier molecular flexibility index (Phi) is 2.20. The molecular weight excluding hydrogens is 164 g/mol. The maximum absolute atomic E-state index is 5.82. The molecule has 1 heterocycles. The lowest BCUT2D eigenvalue weighted by Crippen LogP contribution is -2.25. The Balaban J connectivity index is 1.93. The lowest BCUT2D eigenvalue weighted by Gasteiger charge is -2.20. The minimum absolute atomic E-state index is 0.300. The fourth-order valence-electron chi connectivity index (χ4n) is 2.23. The lowest BCUT2D eigenvalue weighted by molar-refractivity contribution is -0.144. The standard InChI is InChI=1S/C11H18O2/c1-8-4-5-9(6-8)10-7-12-11(2,3)13-10/h9-10H,1,4-7H2,2-3H3/t9-,10+/m0/s1. The molecule has 0 amide bonds. The van der Waals surface area contributed by atoms with E-state index < -0.39 is 0 Å². The molecule has 1 saturated heterocycles. The molecule has 0 unspecified atom stereocenters. The summed E-state index contributed by atoms with van der Waals surface area (Å²) in [5.41, 5.74) is 1.37. The Bertz CT molecular complexity index is 220. The second kappa shape index (κ2) is 3.10. The van der Waals surface area contributed by atoms with Crippen LogP contribution in [0.15, 0.2) is 12.2 Å². The number of ether oxygens (including phenoxy) is 2. The summed E-state index contributed by atoms with van der Waals surface area (Å²) in [5, 5.41) is 0. The molecule has 13 heavy (non-hydrogen) atoms. The normalized spacial score (nSPS) is 38.5. The monoisotopic (exact) mass is 182 g/mol. The third-order valence-electron chi connectivity index (χ3n) is 2.98. The molecule has 0 radical (unpaired) electrons. The lowest BCUT2D eigenvalue weighted by atomic mass is 10.0. The van der Waals surface area contributed by atoms with Gasteiger partial charge in [-0.15, -0.1) is 0 Å². The second-order valence-corrected chi connectivity index (χ2v) is 4.62. The minimum Gasteiger partial charge on any atom is -0.348 e. The summed E-state index contributed by atoms with van der Waals surface area (Å²) in [4.78, 5) is 0. The number of rotatable bonds is 1. The van der Waals surface area contributed by atoms with Crippen molar-refractivity contribution in [1.29, 1.82) is 0 Å². The first-order chi connectivity index (χ1) is 6.07. The second-order valence-electron chi connectivity index (χ2n) is 4.62. The van der Waals surface area contributed by atoms with E-state index in [4.69, 9.17) is 9.47 Å². The fourth-order valence-corrected chi connectivity index (χ4v) is 2.23. The quantitative estimate of drug-likeness (QED) is 0.580. The van der Waals surface area contributed by atoms with Gasteiger partial charge in [-0.25, -0.2) is 0 Å². The van der Waals surface area contributed by atoms with Crippen LogP contribution >= 0.6 is 0 Å². The van der Waals surface area contributed by atoms with Gasteiger partial charge in [-0.1, -0.05) is 12.2 Å². The van der Waals surface area contributed by atoms with Gasteiger partial charge in [-0.05, 0) is 39.0 Å². The molecule has 2 heteroatoms. The molecule has 0 aromatic rings. The fraction of sp³-hybridized carbons (Fsp3) is 0.818. The first-order valence-corrected chi connectivity index (χ1v) is 5.05. The number of hydrogen-bond donors (Lipinski definition) is 0. The average Bonchev–Trinajstić information content (AvgIpc) is 2.56. The molecule has 2 atom stereocenters. The SMILES string of the molecule is C=C1CC[C@H]([C@H]2COC(C)(C)O2)C1. The van der Waals surface area contributed by atoms with Gasteiger partial charge in [0.05, 0.1) is 12.7 Å². The Morgan fingerprint density at radius 3 is 2.69 bits per heavy atom. The van der Waals surface area contributed by atoms with Gasteiger partial charge in [0.25, 0.3) is 0 Å². The Hall–Kier alpha value is -0.340. The van der Waals surface area contributed by atoms with E-state index >= 15 is 0 Å². The molecule has 2 rings (SSSR count). The van der Waals surface area contributed by atoms with Gasteiger partial charge in [-0.3, -0.25) is 0 Å². The largest absolute Gasteiger partial charge is 0.348 e. The maximum atomic E-state index is 5.82. The maximum Gasteiger partial charge on any atom is 0.163 e. The molecule has 0 aromatic heterocycles. The highest BCUT2D eigenvalue weighted by Crippen LogP contribution is 2.37. The minimum atomic E-state index is -0.366. The van der Waals surface area contributed by atoms with E-state index in [1.807, 2.05) is 13.8 Å². The van der Waals surface area contributed by atoms with Gasteiger partial charge in [0, 0.05) is 0 Å². The van der Waals surface area contributed by atoms with Crippen LogP contribution in [0.25, 0.3) is 0 Å². The van der Waals surface area contributed by atoms with Gasteiger partial charge < -0.3 is 9.47 Å². The molecule has 1 aliphatic carbocycles. The predicted molar refractivity (Wildman–Crippen MR) is 51.4 cm³/mol. The molecule has 1 saturated carbocycles. The van der Waals surface area contributed by atoms with Crippen molar-refractivity contribution < 1.29 is 9.47 Å². The van der Waals surface area contributed by atoms with Crippen LogP contribution in [0, 0.1) is 5.92 Å². The number of allylic oxidation sites excluding steroid dienone is 1. The summed E-state index contributed by atoms with van der Waals surface area (Å²) < 4.78 is 11.4. The smallest absolute Gasteiger partial charge is 0.163 e. The topological polar surface area (TPSA) is 18.5 Å². The van der Waals surface area contributed by atoms with Gasteiger partial charge in [-0.2, -0.15) is 0 Å². The molecule has 2 fully saturated rings. The zero-order chi connectivity index (χ0) is 9.47. The summed E-state index contributed by atoms with van der Waals surface area (Å²) >= 11 is 0. The molecule has 0 aromatic carbocycles. The molecular formula is C11H18O2. The molecule has 0 spiro atoms. The summed E-state index contributed by atoms with van der Waals surface area (Å²) in [5.74, 6) is 0.281. The summed E-state index contributed by atoms with van der Waals surface area (Å²) in [6.45, 7) is 8.74. The molecule has 0 bridgehead atoms. The van der Waals surface area contributed by atoms with Crippen molar-refractivity contribution in [2.45, 2.75) is 45.0 Å². The summed E-state index contributed by atoms with van der Waals surface area (Å²) in [6, 6.07) is 0. The van der Waals surface area contributed by atoms with Gasteiger partial charge in [0.15, 0.2) is 5.79 Å². The highest BCUT2D eigenvalue weighted by Gasteiger charge is 2.38. The molecule has 2 aliphatic rings. The van der Waals surface area contributed by atoms with Crippen LogP contribution in [0.4, 0.5) is 0 Å². The van der Waals surface area contributed by atoms with E-state index in [2.05, 4.69) is 6.58 Å². The third kappa shape index (κ3) is 1.94. The van der Waals surface area contributed by atoms with E-state index in [1.54, 1.807) is 0 Å². The van der Waals surface area contributed by atoms with Crippen molar-refractivity contribution in [1.82, 2.24) is 0 Å². The first-order valence-electron chi connectivity index (χ1n) is 5.05. The number of hydrogen-bond acceptors (Lipinski definition) is 2. The highest BCUT2D eigenvalue weighted by atomic mass is 16.7. The van der Waals surface area contributed by atoms with Gasteiger partial charge >= 0.3 is 0 Å². The zero-order valence-corrected chi connectivity index (χ0v) is 8.51. The van der Waals surface area contributed by atoms with Crippen molar-refractivity contribution in [3.63, 3.8) is 0 Å². The predicted octanol–water partition coefficient (Wildman–Crippen LogP) is 2.49. The van der Waals surface area contributed by atoms with Gasteiger partial charge in [0.2, 0.25) is 0 Å². The molecule has 2 nitrogen and oxygen atoms in total. The van der Waals surface area contributed by atoms with Crippen molar-refractivity contribution in [2.75, 3.05) is 6.61 Å². The highest BCUT2D eigenvalue weighted by molar-refractivity contribution is 5.04. The van der Waals surface area contributed by atoms with E-state index in [0.29, 0.717) is 12.0 Å². The van der Waals surface area contributed by atoms with Crippen LogP contribution in [0.1, 0.15) is 33.1 Å². The van der Waals surface area contributed by atoms with Crippen molar-refractivity contribution in [3.05, 3.63) is 12.2 Å². The Morgan fingerprint density at radius 1 is 1.46 bits per heavy atom. The average molecular weight is 182 g/mol. The Morgan fingerprint density at radius 2 is 2.23 bits per heavy atom. The zero-order valence-electron chi connectivity index (χ0n) is 8.51. The Labute approximate surface area is 79.9 Å². The van der Waals surface area contributed by atoms with E-state index in [1.165, 1.54) is 18.4 Å². The summed E-state index contributed by atoms with van der Waals surface area (Å²) in [6.07, 6.45) is 3.83. The van der Waals surface area contributed by atoms with Crippen molar-refractivity contribution in [2.24, 2.45) is 5.92 Å². The third-order valence-corrected chi connectivity index (χ3v) is 2.98. The summed E-state index contributed by atoms with van der Waals surface area (Å²) in [7, 11) is 0. The molecule has 1 aliphatic heterocycles. The van der Waals surface area contributed by atoms with Crippen molar-refractivity contribution >= 4 is 0 Å². The molecule has 0 N–H and O–H groups in total. The van der Waals surface area contributed by atoms with Crippen LogP contribution in [-0.2, 0) is 9.47 Å². The first kappa shape index (κ1) is 9.22. The van der Waals surface area contributed by atoms with Crippen LogP contribution in [0.5, 0.6) is 0 Å². The van der Waals surface area contributed by atoms with Crippen LogP contribution < -0.4 is 0 Å². The van der Waals surface area contributed by atoms with E-state index in [9.17, 15) is 0 Å². The molecule has 74 valence electrons. The van der Waals surface area contributed by atoms with Crippen LogP contribution in [0.2, 0.25) is 0 Å². The van der Waals surface area contributed by atoms with Crippen LogP contribution in [0.3, 0.4) is 0 Å². The van der Waals surface area contributed by atoms with Gasteiger partial charge in [0.1, 0.15) is 0 Å².